The van der Waals surface area contributed by atoms with E-state index in [1.165, 1.54) is 6.42 Å². The van der Waals surface area contributed by atoms with Crippen molar-refractivity contribution in [2.45, 2.75) is 33.2 Å². The molecule has 0 aromatic rings. The zero-order chi connectivity index (χ0) is 15.1. The minimum absolute atomic E-state index is 0.00677. The Morgan fingerprint density at radius 1 is 1.25 bits per heavy atom. The van der Waals surface area contributed by atoms with Crippen molar-refractivity contribution in [1.29, 1.82) is 0 Å². The summed E-state index contributed by atoms with van der Waals surface area (Å²) in [5.74, 6) is 0.944. The molecule has 3 atom stereocenters. The molecule has 0 aromatic carbocycles. The first-order valence-corrected chi connectivity index (χ1v) is 7.39. The fourth-order valence-corrected chi connectivity index (χ4v) is 2.95. The topological polar surface area (TPSA) is 87.5 Å². The average molecular weight is 284 g/mol. The number of likely N-dealkylation sites (tertiary alicyclic amines) is 1. The molecule has 0 bridgehead atoms. The van der Waals surface area contributed by atoms with Gasteiger partial charge in [0.25, 0.3) is 0 Å². The van der Waals surface area contributed by atoms with E-state index in [9.17, 15) is 9.59 Å². The molecule has 1 rings (SSSR count). The van der Waals surface area contributed by atoms with Gasteiger partial charge < -0.3 is 21.3 Å². The van der Waals surface area contributed by atoms with Crippen LogP contribution >= 0.6 is 0 Å². The molecule has 0 saturated carbocycles. The summed E-state index contributed by atoms with van der Waals surface area (Å²) in [5, 5.41) is 5.37. The van der Waals surface area contributed by atoms with E-state index in [0.29, 0.717) is 11.8 Å². The molecule has 1 saturated heterocycles. The molecular formula is C14H28N4O2. The minimum atomic E-state index is -0.313. The number of hydrogen-bond acceptors (Lipinski definition) is 4. The van der Waals surface area contributed by atoms with Crippen LogP contribution < -0.4 is 16.4 Å². The molecule has 0 radical (unpaired) electrons. The zero-order valence-electron chi connectivity index (χ0n) is 12.8. The van der Waals surface area contributed by atoms with Gasteiger partial charge in [0, 0.05) is 25.7 Å². The van der Waals surface area contributed by atoms with E-state index in [1.54, 1.807) is 0 Å². The molecule has 0 aliphatic carbocycles. The molecule has 4 N–H and O–H groups in total. The van der Waals surface area contributed by atoms with Crippen molar-refractivity contribution in [2.24, 2.45) is 17.6 Å². The molecule has 116 valence electrons. The van der Waals surface area contributed by atoms with E-state index in [0.717, 1.165) is 19.6 Å². The van der Waals surface area contributed by atoms with Crippen LogP contribution in [0.1, 0.15) is 27.2 Å². The van der Waals surface area contributed by atoms with E-state index in [4.69, 9.17) is 5.73 Å². The van der Waals surface area contributed by atoms with Crippen LogP contribution in [0, 0.1) is 11.8 Å². The summed E-state index contributed by atoms with van der Waals surface area (Å²) in [7, 11) is 0. The lowest BCUT2D eigenvalue weighted by molar-refractivity contribution is -0.125. The van der Waals surface area contributed by atoms with Crippen LogP contribution in [0.5, 0.6) is 0 Å². The second kappa shape index (κ2) is 8.21. The summed E-state index contributed by atoms with van der Waals surface area (Å²) in [6, 6.07) is 0.0785. The number of hydrogen-bond donors (Lipinski definition) is 3. The molecule has 0 spiro atoms. The Balaban J connectivity index is 2.26. The Hall–Kier alpha value is -1.14. The number of piperidine rings is 1. The van der Waals surface area contributed by atoms with Crippen molar-refractivity contribution in [3.63, 3.8) is 0 Å². The van der Waals surface area contributed by atoms with Crippen molar-refractivity contribution >= 4 is 11.8 Å². The first-order valence-electron chi connectivity index (χ1n) is 7.39. The number of nitrogens with one attached hydrogen (secondary N) is 2. The van der Waals surface area contributed by atoms with Crippen LogP contribution in [0.25, 0.3) is 0 Å². The Morgan fingerprint density at radius 2 is 1.85 bits per heavy atom. The maximum atomic E-state index is 11.7. The smallest absolute Gasteiger partial charge is 0.239 e. The zero-order valence-corrected chi connectivity index (χ0v) is 12.8. The van der Waals surface area contributed by atoms with Gasteiger partial charge in [-0.15, -0.1) is 0 Å². The first-order chi connectivity index (χ1) is 9.40. The molecule has 6 heteroatoms. The van der Waals surface area contributed by atoms with Gasteiger partial charge in [0.1, 0.15) is 0 Å². The Labute approximate surface area is 121 Å². The first kappa shape index (κ1) is 16.9. The number of nitrogens with two attached hydrogens (primary N) is 1. The summed E-state index contributed by atoms with van der Waals surface area (Å²) < 4.78 is 0. The summed E-state index contributed by atoms with van der Waals surface area (Å²) in [5.41, 5.74) is 5.16. The van der Waals surface area contributed by atoms with Crippen LogP contribution in [0.4, 0.5) is 0 Å². The third-order valence-corrected chi connectivity index (χ3v) is 3.52. The van der Waals surface area contributed by atoms with Crippen molar-refractivity contribution < 1.29 is 9.59 Å². The fraction of sp³-hybridized carbons (Fsp3) is 0.857. The Morgan fingerprint density at radius 3 is 2.40 bits per heavy atom. The Kier molecular flexibility index (Phi) is 6.95. The van der Waals surface area contributed by atoms with E-state index < -0.39 is 0 Å². The highest BCUT2D eigenvalue weighted by atomic mass is 16.2. The number of carbonyl (C=O) groups excluding carboxylic acids is 2. The van der Waals surface area contributed by atoms with Gasteiger partial charge in [-0.2, -0.15) is 0 Å². The van der Waals surface area contributed by atoms with Crippen molar-refractivity contribution in [3.8, 4) is 0 Å². The second-order valence-corrected chi connectivity index (χ2v) is 6.11. The molecule has 1 heterocycles. The molecule has 3 unspecified atom stereocenters. The molecular weight excluding hydrogens is 256 g/mol. The van der Waals surface area contributed by atoms with Gasteiger partial charge >= 0.3 is 0 Å². The molecule has 1 aliphatic heterocycles. The molecule has 1 fully saturated rings. The maximum absolute atomic E-state index is 11.7. The van der Waals surface area contributed by atoms with Gasteiger partial charge in [-0.3, -0.25) is 9.59 Å². The molecule has 1 aliphatic rings. The monoisotopic (exact) mass is 284 g/mol. The third kappa shape index (κ3) is 6.34. The number of carbonyl (C=O) groups is 2. The quantitative estimate of drug-likeness (QED) is 0.616. The maximum Gasteiger partial charge on any atom is 0.239 e. The highest BCUT2D eigenvalue weighted by Crippen LogP contribution is 2.20. The minimum Gasteiger partial charge on any atom is -0.351 e. The van der Waals surface area contributed by atoms with Gasteiger partial charge in [-0.25, -0.2) is 0 Å². The lowest BCUT2D eigenvalue weighted by Gasteiger charge is -2.36. The van der Waals surface area contributed by atoms with Crippen molar-refractivity contribution in [3.05, 3.63) is 0 Å². The van der Waals surface area contributed by atoms with Crippen LogP contribution in [0.2, 0.25) is 0 Å². The number of nitrogens with zero attached hydrogens (tertiary/aromatic N) is 1. The molecule has 6 nitrogen and oxygen atoms in total. The van der Waals surface area contributed by atoms with Gasteiger partial charge in [0.15, 0.2) is 0 Å². The van der Waals surface area contributed by atoms with Gasteiger partial charge in [0.2, 0.25) is 11.8 Å². The SMILES string of the molecule is CC1CC(C)CN(CC(C)NC(=O)CNC(=O)CN)C1. The summed E-state index contributed by atoms with van der Waals surface area (Å²) >= 11 is 0. The van der Waals surface area contributed by atoms with E-state index in [-0.39, 0.29) is 30.9 Å². The predicted octanol–water partition coefficient (Wildman–Crippen LogP) is -0.456. The van der Waals surface area contributed by atoms with Gasteiger partial charge in [-0.1, -0.05) is 13.8 Å². The van der Waals surface area contributed by atoms with Crippen LogP contribution in [0.3, 0.4) is 0 Å². The Bertz CT molecular complexity index is 325. The second-order valence-electron chi connectivity index (χ2n) is 6.11. The summed E-state index contributed by atoms with van der Waals surface area (Å²) in [4.78, 5) is 25.0. The van der Waals surface area contributed by atoms with Gasteiger partial charge in [0.05, 0.1) is 13.1 Å². The lowest BCUT2D eigenvalue weighted by atomic mass is 9.92. The van der Waals surface area contributed by atoms with Crippen LogP contribution in [0.15, 0.2) is 0 Å². The van der Waals surface area contributed by atoms with E-state index in [1.807, 2.05) is 6.92 Å². The summed E-state index contributed by atoms with van der Waals surface area (Å²) in [6.07, 6.45) is 1.28. The molecule has 20 heavy (non-hydrogen) atoms. The largest absolute Gasteiger partial charge is 0.351 e. The molecule has 0 aromatic heterocycles. The average Bonchev–Trinajstić information content (AvgIpc) is 2.34. The van der Waals surface area contributed by atoms with Crippen molar-refractivity contribution in [1.82, 2.24) is 15.5 Å². The number of rotatable bonds is 6. The highest BCUT2D eigenvalue weighted by Gasteiger charge is 2.23. The number of amides is 2. The summed E-state index contributed by atoms with van der Waals surface area (Å²) in [6.45, 7) is 9.48. The molecule has 2 amide bonds. The lowest BCUT2D eigenvalue weighted by Crippen LogP contribution is -2.49. The van der Waals surface area contributed by atoms with Crippen LogP contribution in [-0.4, -0.2) is 55.5 Å². The standard InChI is InChI=1S/C14H28N4O2/c1-10-4-11(2)8-18(7-10)9-12(3)17-14(20)6-16-13(19)5-15/h10-12H,4-9,15H2,1-3H3,(H,16,19)(H,17,20). The fourth-order valence-electron chi connectivity index (χ4n) is 2.95. The van der Waals surface area contributed by atoms with E-state index >= 15 is 0 Å². The normalized spacial score (nSPS) is 25.0. The van der Waals surface area contributed by atoms with Crippen molar-refractivity contribution in [2.75, 3.05) is 32.7 Å². The van der Waals surface area contributed by atoms with Crippen LogP contribution in [-0.2, 0) is 9.59 Å². The van der Waals surface area contributed by atoms with Gasteiger partial charge in [-0.05, 0) is 25.2 Å². The predicted molar refractivity (Wildman–Crippen MR) is 79.1 cm³/mol. The van der Waals surface area contributed by atoms with E-state index in [2.05, 4.69) is 29.4 Å². The highest BCUT2D eigenvalue weighted by molar-refractivity contribution is 5.85. The third-order valence-electron chi connectivity index (χ3n) is 3.52.